The second-order valence-electron chi connectivity index (χ2n) is 5.01. The van der Waals surface area contributed by atoms with E-state index in [1.807, 2.05) is 42.5 Å². The molecule has 0 saturated heterocycles. The zero-order valence-electron chi connectivity index (χ0n) is 12.2. The number of carbonyl (C=O) groups is 1. The summed E-state index contributed by atoms with van der Waals surface area (Å²) in [5, 5.41) is 3.44. The van der Waals surface area contributed by atoms with Crippen molar-refractivity contribution in [2.24, 2.45) is 0 Å². The van der Waals surface area contributed by atoms with Gasteiger partial charge < -0.3 is 5.32 Å². The van der Waals surface area contributed by atoms with Gasteiger partial charge in [0.05, 0.1) is 24.5 Å². The average molecular weight is 324 g/mol. The normalized spacial score (nSPS) is 10.3. The molecule has 0 saturated carbocycles. The standard InChI is InChI=1S/C18H14ClN3O/c19-15-8-6-13(7-9-15)10-17(23)22-16-11-20-18(21-12-16)14-4-2-1-3-5-14/h1-9,11-12H,10H2,(H,22,23). The van der Waals surface area contributed by atoms with Gasteiger partial charge in [0, 0.05) is 10.6 Å². The maximum atomic E-state index is 12.0. The Morgan fingerprint density at radius 1 is 0.957 bits per heavy atom. The lowest BCUT2D eigenvalue weighted by Gasteiger charge is -2.06. The lowest BCUT2D eigenvalue weighted by atomic mass is 10.1. The molecule has 0 radical (unpaired) electrons. The fourth-order valence-corrected chi connectivity index (χ4v) is 2.25. The van der Waals surface area contributed by atoms with Crippen LogP contribution in [0, 0.1) is 0 Å². The van der Waals surface area contributed by atoms with Crippen LogP contribution in [0.1, 0.15) is 5.56 Å². The number of nitrogens with zero attached hydrogens (tertiary/aromatic N) is 2. The van der Waals surface area contributed by atoms with Crippen molar-refractivity contribution < 1.29 is 4.79 Å². The fourth-order valence-electron chi connectivity index (χ4n) is 2.12. The Balaban J connectivity index is 1.64. The highest BCUT2D eigenvalue weighted by Crippen LogP contribution is 2.15. The summed E-state index contributed by atoms with van der Waals surface area (Å²) in [4.78, 5) is 20.6. The molecule has 0 bridgehead atoms. The molecule has 4 nitrogen and oxygen atoms in total. The number of rotatable bonds is 4. The second-order valence-corrected chi connectivity index (χ2v) is 5.45. The minimum atomic E-state index is -0.122. The molecule has 3 aromatic rings. The van der Waals surface area contributed by atoms with Gasteiger partial charge in [-0.25, -0.2) is 9.97 Å². The van der Waals surface area contributed by atoms with Crippen molar-refractivity contribution >= 4 is 23.2 Å². The van der Waals surface area contributed by atoms with Crippen LogP contribution in [0.15, 0.2) is 67.0 Å². The highest BCUT2D eigenvalue weighted by Gasteiger charge is 2.06. The molecular weight excluding hydrogens is 310 g/mol. The molecule has 0 spiro atoms. The molecule has 0 aliphatic carbocycles. The fraction of sp³-hybridized carbons (Fsp3) is 0.0556. The van der Waals surface area contributed by atoms with Crippen LogP contribution in [0.3, 0.4) is 0 Å². The van der Waals surface area contributed by atoms with E-state index in [0.29, 0.717) is 16.5 Å². The smallest absolute Gasteiger partial charge is 0.228 e. The molecule has 1 N–H and O–H groups in total. The predicted octanol–water partition coefficient (Wildman–Crippen LogP) is 3.98. The van der Waals surface area contributed by atoms with E-state index >= 15 is 0 Å². The molecule has 2 aromatic carbocycles. The third kappa shape index (κ3) is 4.14. The van der Waals surface area contributed by atoms with Crippen LogP contribution in [-0.2, 0) is 11.2 Å². The highest BCUT2D eigenvalue weighted by molar-refractivity contribution is 6.30. The van der Waals surface area contributed by atoms with Gasteiger partial charge in [0.2, 0.25) is 5.91 Å². The molecule has 0 atom stereocenters. The SMILES string of the molecule is O=C(Cc1ccc(Cl)cc1)Nc1cnc(-c2ccccc2)nc1. The summed E-state index contributed by atoms with van der Waals surface area (Å²) in [5.41, 5.74) is 2.41. The molecule has 0 fully saturated rings. The third-order valence-corrected chi connectivity index (χ3v) is 3.50. The Morgan fingerprint density at radius 2 is 1.61 bits per heavy atom. The minimum Gasteiger partial charge on any atom is -0.323 e. The lowest BCUT2D eigenvalue weighted by Crippen LogP contribution is -2.14. The number of amides is 1. The first-order valence-electron chi connectivity index (χ1n) is 7.12. The Kier molecular flexibility index (Phi) is 4.64. The van der Waals surface area contributed by atoms with Crippen LogP contribution in [0.5, 0.6) is 0 Å². The first kappa shape index (κ1) is 15.2. The van der Waals surface area contributed by atoms with Gasteiger partial charge in [-0.15, -0.1) is 0 Å². The van der Waals surface area contributed by atoms with Gasteiger partial charge in [-0.1, -0.05) is 54.1 Å². The van der Waals surface area contributed by atoms with Crippen molar-refractivity contribution in [3.05, 3.63) is 77.6 Å². The molecule has 0 unspecified atom stereocenters. The number of halogens is 1. The van der Waals surface area contributed by atoms with Crippen LogP contribution < -0.4 is 5.32 Å². The molecule has 0 aliphatic heterocycles. The van der Waals surface area contributed by atoms with Crippen LogP contribution >= 0.6 is 11.6 Å². The summed E-state index contributed by atoms with van der Waals surface area (Å²) in [6, 6.07) is 16.9. The number of benzene rings is 2. The van der Waals surface area contributed by atoms with Gasteiger partial charge in [0.15, 0.2) is 5.82 Å². The summed E-state index contributed by atoms with van der Waals surface area (Å²) >= 11 is 5.83. The topological polar surface area (TPSA) is 54.9 Å². The Morgan fingerprint density at radius 3 is 2.26 bits per heavy atom. The lowest BCUT2D eigenvalue weighted by molar-refractivity contribution is -0.115. The molecule has 114 valence electrons. The van der Waals surface area contributed by atoms with Crippen LogP contribution in [0.25, 0.3) is 11.4 Å². The van der Waals surface area contributed by atoms with Gasteiger partial charge >= 0.3 is 0 Å². The molecule has 3 rings (SSSR count). The van der Waals surface area contributed by atoms with Crippen LogP contribution in [0.2, 0.25) is 5.02 Å². The zero-order valence-corrected chi connectivity index (χ0v) is 13.0. The maximum absolute atomic E-state index is 12.0. The summed E-state index contributed by atoms with van der Waals surface area (Å²) in [6.07, 6.45) is 3.49. The first-order chi connectivity index (χ1) is 11.2. The Hall–Kier alpha value is -2.72. The monoisotopic (exact) mass is 323 g/mol. The van der Waals surface area contributed by atoms with E-state index in [9.17, 15) is 4.79 Å². The Labute approximate surface area is 139 Å². The van der Waals surface area contributed by atoms with E-state index in [4.69, 9.17) is 11.6 Å². The highest BCUT2D eigenvalue weighted by atomic mass is 35.5. The van der Waals surface area contributed by atoms with E-state index in [1.54, 1.807) is 24.5 Å². The third-order valence-electron chi connectivity index (χ3n) is 3.25. The molecule has 1 aromatic heterocycles. The van der Waals surface area contributed by atoms with Crippen molar-refractivity contribution in [2.45, 2.75) is 6.42 Å². The van der Waals surface area contributed by atoms with Gasteiger partial charge in [-0.05, 0) is 17.7 Å². The molecule has 1 heterocycles. The Bertz CT molecular complexity index is 787. The number of hydrogen-bond acceptors (Lipinski definition) is 3. The van der Waals surface area contributed by atoms with E-state index in [0.717, 1.165) is 11.1 Å². The summed E-state index contributed by atoms with van der Waals surface area (Å²) in [6.45, 7) is 0. The molecule has 0 aliphatic rings. The summed E-state index contributed by atoms with van der Waals surface area (Å²) in [5.74, 6) is 0.504. The van der Waals surface area contributed by atoms with Crippen molar-refractivity contribution in [2.75, 3.05) is 5.32 Å². The van der Waals surface area contributed by atoms with Gasteiger partial charge in [0.1, 0.15) is 0 Å². The molecule has 23 heavy (non-hydrogen) atoms. The van der Waals surface area contributed by atoms with E-state index in [2.05, 4.69) is 15.3 Å². The van der Waals surface area contributed by atoms with Crippen molar-refractivity contribution in [3.63, 3.8) is 0 Å². The number of nitrogens with one attached hydrogen (secondary N) is 1. The average Bonchev–Trinajstić information content (AvgIpc) is 2.58. The van der Waals surface area contributed by atoms with E-state index < -0.39 is 0 Å². The van der Waals surface area contributed by atoms with Gasteiger partial charge in [-0.3, -0.25) is 4.79 Å². The van der Waals surface area contributed by atoms with Crippen molar-refractivity contribution in [1.29, 1.82) is 0 Å². The molecular formula is C18H14ClN3O. The number of hydrogen-bond donors (Lipinski definition) is 1. The predicted molar refractivity (Wildman–Crippen MR) is 91.3 cm³/mol. The summed E-state index contributed by atoms with van der Waals surface area (Å²) < 4.78 is 0. The zero-order chi connectivity index (χ0) is 16.1. The number of aromatic nitrogens is 2. The molecule has 5 heteroatoms. The van der Waals surface area contributed by atoms with Crippen molar-refractivity contribution in [1.82, 2.24) is 9.97 Å². The van der Waals surface area contributed by atoms with Gasteiger partial charge in [-0.2, -0.15) is 0 Å². The number of carbonyl (C=O) groups excluding carboxylic acids is 1. The summed E-state index contributed by atoms with van der Waals surface area (Å²) in [7, 11) is 0. The van der Waals surface area contributed by atoms with Crippen LogP contribution in [0.4, 0.5) is 5.69 Å². The van der Waals surface area contributed by atoms with E-state index in [-0.39, 0.29) is 12.3 Å². The maximum Gasteiger partial charge on any atom is 0.228 e. The van der Waals surface area contributed by atoms with Gasteiger partial charge in [0.25, 0.3) is 0 Å². The molecule has 1 amide bonds. The quantitative estimate of drug-likeness (QED) is 0.790. The van der Waals surface area contributed by atoms with Crippen molar-refractivity contribution in [3.8, 4) is 11.4 Å². The van der Waals surface area contributed by atoms with Crippen LogP contribution in [-0.4, -0.2) is 15.9 Å². The first-order valence-corrected chi connectivity index (χ1v) is 7.50. The minimum absolute atomic E-state index is 0.122. The second kappa shape index (κ2) is 7.03. The number of anilines is 1. The largest absolute Gasteiger partial charge is 0.323 e. The van der Waals surface area contributed by atoms with E-state index in [1.165, 1.54) is 0 Å².